The number of rotatable bonds is 17. The molecule has 488 valence electrons. The van der Waals surface area contributed by atoms with Gasteiger partial charge in [-0.05, 0) is 90.6 Å². The molecular weight excluding hydrogens is 1140 g/mol. The van der Waals surface area contributed by atoms with E-state index in [0.29, 0.717) is 38.5 Å². The second-order valence-electron chi connectivity index (χ2n) is 27.8. The van der Waals surface area contributed by atoms with E-state index < -0.39 is 205 Å². The zero-order valence-corrected chi connectivity index (χ0v) is 51.2. The smallest absolute Gasteiger partial charge is 0.335 e. The molecule has 1 unspecified atom stereocenters. The number of ether oxygens (including phenoxy) is 9. The predicted molar refractivity (Wildman–Crippen MR) is 302 cm³/mol. The van der Waals surface area contributed by atoms with Gasteiger partial charge in [-0.15, -0.1) is 0 Å². The number of aliphatic hydroxyl groups excluding tert-OH is 10. The van der Waals surface area contributed by atoms with Crippen LogP contribution in [0.15, 0.2) is 48.1 Å². The highest BCUT2D eigenvalue weighted by Gasteiger charge is 2.76. The van der Waals surface area contributed by atoms with Crippen LogP contribution in [0.3, 0.4) is 0 Å². The van der Waals surface area contributed by atoms with Gasteiger partial charge in [0.1, 0.15) is 54.9 Å². The summed E-state index contributed by atoms with van der Waals surface area (Å²) in [5.41, 5.74) is -4.35. The maximum absolute atomic E-state index is 14.1. The van der Waals surface area contributed by atoms with Crippen LogP contribution in [0.1, 0.15) is 120 Å². The Morgan fingerprint density at radius 3 is 1.89 bits per heavy atom. The van der Waals surface area contributed by atoms with Crippen molar-refractivity contribution in [1.82, 2.24) is 0 Å². The summed E-state index contributed by atoms with van der Waals surface area (Å²) in [6, 6.07) is 9.15. The predicted octanol–water partition coefficient (Wildman–Crippen LogP) is 1.66. The number of hydrogen-bond donors (Lipinski definition) is 11. The van der Waals surface area contributed by atoms with Crippen LogP contribution in [0.2, 0.25) is 0 Å². The van der Waals surface area contributed by atoms with Crippen LogP contribution in [-0.2, 0) is 61.8 Å². The Bertz CT molecular complexity index is 2700. The lowest BCUT2D eigenvalue weighted by molar-refractivity contribution is -0.383. The standard InChI is InChI=1S/C63H92O24/c1-11-29(2)54(78)87-52-51(83-39(68)20-17-31-15-13-12-14-16-31)58(4,5)25-33-32-18-19-37-60(8)23-22-38(59(6,7)36(60)21-24-61(37,9)62(32,10)49(74)50(75)63(33,52)28-66)82-57-48(86-56-44(73)42(71)40(69)34(26-64)80-56)46(79-30(3)67)45(47(85-57)53(76)77)84-55-43(72)41(70)35(27-65)81-55/h12-18,20,29,33-38,40-52,55-57,64-66,69-75H,11,19,21-28H2,1-10H3,(H,76,77)/b20-17+/t29?,33-,34+,35-,36-,37+,38-,40+,41-,42-,43+,44+,45-,46-,47-,48+,49-,50+,51-,52-,55-,56-,57+,60-,61+,62-,63-/m0/s1. The van der Waals surface area contributed by atoms with Gasteiger partial charge in [-0.1, -0.05) is 104 Å². The van der Waals surface area contributed by atoms with E-state index in [9.17, 15) is 75.3 Å². The Morgan fingerprint density at radius 1 is 0.690 bits per heavy atom. The first-order valence-corrected chi connectivity index (χ1v) is 30.6. The van der Waals surface area contributed by atoms with Crippen molar-refractivity contribution in [1.29, 1.82) is 0 Å². The monoisotopic (exact) mass is 1230 g/mol. The summed E-state index contributed by atoms with van der Waals surface area (Å²) in [6.07, 6.45) is -24.1. The van der Waals surface area contributed by atoms with Crippen LogP contribution < -0.4 is 0 Å². The Morgan fingerprint density at radius 2 is 1.30 bits per heavy atom. The number of carboxylic acid groups (broad SMARTS) is 1. The molecule has 5 aliphatic carbocycles. The van der Waals surface area contributed by atoms with E-state index in [1.165, 1.54) is 6.08 Å². The van der Waals surface area contributed by atoms with Crippen LogP contribution in [-0.4, -0.2) is 216 Å². The summed E-state index contributed by atoms with van der Waals surface area (Å²) in [4.78, 5) is 54.4. The zero-order chi connectivity index (χ0) is 63.8. The highest BCUT2D eigenvalue weighted by atomic mass is 16.8. The van der Waals surface area contributed by atoms with Gasteiger partial charge in [0.15, 0.2) is 43.3 Å². The number of benzene rings is 1. The summed E-state index contributed by atoms with van der Waals surface area (Å²) in [6.45, 7) is 16.4. The molecule has 27 atom stereocenters. The molecule has 3 aliphatic heterocycles. The van der Waals surface area contributed by atoms with Gasteiger partial charge in [-0.3, -0.25) is 9.59 Å². The molecule has 0 amide bonds. The first kappa shape index (κ1) is 67.3. The average Bonchev–Trinajstić information content (AvgIpc) is 0.822. The highest BCUT2D eigenvalue weighted by Crippen LogP contribution is 2.76. The molecule has 4 saturated carbocycles. The molecule has 0 aromatic heterocycles. The van der Waals surface area contributed by atoms with E-state index in [-0.39, 0.29) is 18.3 Å². The minimum absolute atomic E-state index is 0.171. The maximum Gasteiger partial charge on any atom is 0.335 e. The minimum Gasteiger partial charge on any atom is -0.479 e. The third-order valence-electron chi connectivity index (χ3n) is 22.4. The maximum atomic E-state index is 14.1. The van der Waals surface area contributed by atoms with Crippen molar-refractivity contribution in [2.75, 3.05) is 19.8 Å². The van der Waals surface area contributed by atoms with Gasteiger partial charge in [-0.2, -0.15) is 0 Å². The molecular formula is C63H92O24. The molecule has 0 spiro atoms. The first-order valence-electron chi connectivity index (χ1n) is 30.6. The third kappa shape index (κ3) is 11.3. The van der Waals surface area contributed by atoms with Crippen LogP contribution in [0.25, 0.3) is 6.08 Å². The molecule has 0 radical (unpaired) electrons. The van der Waals surface area contributed by atoms with Crippen molar-refractivity contribution in [3.63, 3.8) is 0 Å². The van der Waals surface area contributed by atoms with Crippen molar-refractivity contribution in [2.24, 2.45) is 56.2 Å². The summed E-state index contributed by atoms with van der Waals surface area (Å²) in [5.74, 6) is -5.61. The molecule has 8 aliphatic rings. The summed E-state index contributed by atoms with van der Waals surface area (Å²) in [5, 5.41) is 123. The van der Waals surface area contributed by atoms with E-state index in [1.54, 1.807) is 13.0 Å². The van der Waals surface area contributed by atoms with Crippen molar-refractivity contribution >= 4 is 30.0 Å². The number of carbonyl (C=O) groups is 4. The van der Waals surface area contributed by atoms with E-state index in [2.05, 4.69) is 19.9 Å². The molecule has 24 nitrogen and oxygen atoms in total. The lowest BCUT2D eigenvalue weighted by Crippen LogP contribution is -2.76. The minimum atomic E-state index is -2.09. The van der Waals surface area contributed by atoms with Crippen LogP contribution in [0, 0.1) is 56.2 Å². The number of fused-ring (bicyclic) bond motifs is 7. The van der Waals surface area contributed by atoms with E-state index in [0.717, 1.165) is 18.1 Å². The fourth-order valence-corrected chi connectivity index (χ4v) is 17.2. The molecule has 87 heavy (non-hydrogen) atoms. The van der Waals surface area contributed by atoms with Gasteiger partial charge in [0.25, 0.3) is 0 Å². The number of aliphatic carboxylic acids is 1. The van der Waals surface area contributed by atoms with Crippen molar-refractivity contribution in [2.45, 2.75) is 231 Å². The normalized spacial score (nSPS) is 46.0. The van der Waals surface area contributed by atoms with Gasteiger partial charge in [-0.25, -0.2) is 9.59 Å². The third-order valence-corrected chi connectivity index (χ3v) is 22.4. The summed E-state index contributed by atoms with van der Waals surface area (Å²) < 4.78 is 55.4. The molecule has 3 heterocycles. The van der Waals surface area contributed by atoms with Crippen molar-refractivity contribution < 1.29 is 118 Å². The van der Waals surface area contributed by atoms with Gasteiger partial charge in [0.2, 0.25) is 0 Å². The van der Waals surface area contributed by atoms with Gasteiger partial charge in [0, 0.05) is 23.8 Å². The molecule has 1 aromatic rings. The molecule has 3 saturated heterocycles. The number of hydrogen-bond acceptors (Lipinski definition) is 23. The second kappa shape index (κ2) is 25.2. The summed E-state index contributed by atoms with van der Waals surface area (Å²) >= 11 is 0. The van der Waals surface area contributed by atoms with Crippen LogP contribution >= 0.6 is 0 Å². The van der Waals surface area contributed by atoms with Gasteiger partial charge >= 0.3 is 23.9 Å². The van der Waals surface area contributed by atoms with E-state index >= 15 is 0 Å². The SMILES string of the molecule is CCC(C)C(=O)O[C@H]1[C@H](OC(=O)/C=C/c2ccccc2)C(C)(C)C[C@H]2C3=CC[C@@H]4[C@@]5(C)CC[C@H](O[C@@H]6O[C@H](C(=O)O)[C@@H](O[C@@H]7O[C@@H](CO)[C@H](O)[C@H]7O)[C@H](OC(C)=O)[C@H]6O[C@@H]6O[C@H](CO)[C@@H](O)[C@H](O)[C@H]6O)C(C)(C)[C@@H]5CC[C@@]4(C)[C@]3(C)[C@@H](O)[C@@H](O)[C@]21CO. The fourth-order valence-electron chi connectivity index (χ4n) is 17.2. The number of carbonyl (C=O) groups excluding carboxylic acids is 3. The number of allylic oxidation sites excluding steroid dienone is 1. The quantitative estimate of drug-likeness (QED) is 0.0347. The molecule has 11 N–H and O–H groups in total. The largest absolute Gasteiger partial charge is 0.479 e. The van der Waals surface area contributed by atoms with Crippen molar-refractivity contribution in [3.8, 4) is 0 Å². The number of carboxylic acids is 1. The van der Waals surface area contributed by atoms with Crippen LogP contribution in [0.5, 0.6) is 0 Å². The lowest BCUT2D eigenvalue weighted by Gasteiger charge is -2.73. The molecule has 0 bridgehead atoms. The van der Waals surface area contributed by atoms with Crippen molar-refractivity contribution in [3.05, 3.63) is 53.6 Å². The highest BCUT2D eigenvalue weighted by molar-refractivity contribution is 5.87. The van der Waals surface area contributed by atoms with Crippen LogP contribution in [0.4, 0.5) is 0 Å². The number of esters is 3. The number of aliphatic hydroxyl groups is 10. The molecule has 7 fully saturated rings. The van der Waals surface area contributed by atoms with E-state index in [1.807, 2.05) is 71.9 Å². The Kier molecular flexibility index (Phi) is 19.5. The fraction of sp³-hybridized carbons (Fsp3) is 0.778. The zero-order valence-electron chi connectivity index (χ0n) is 51.2. The Hall–Kier alpha value is -4.06. The molecule has 9 rings (SSSR count). The second-order valence-corrected chi connectivity index (χ2v) is 27.8. The molecule has 1 aromatic carbocycles. The average molecular weight is 1230 g/mol. The summed E-state index contributed by atoms with van der Waals surface area (Å²) in [7, 11) is 0. The lowest BCUT2D eigenvalue weighted by atomic mass is 9.32. The Labute approximate surface area is 506 Å². The first-order chi connectivity index (χ1) is 40.8. The molecule has 24 heteroatoms. The van der Waals surface area contributed by atoms with Gasteiger partial charge < -0.3 is 98.8 Å². The van der Waals surface area contributed by atoms with Gasteiger partial charge in [0.05, 0.1) is 49.5 Å². The Balaban J connectivity index is 1.05. The topological polar surface area (TPSA) is 374 Å². The van der Waals surface area contributed by atoms with E-state index in [4.69, 9.17) is 42.6 Å².